The molecule has 0 aromatic heterocycles. The van der Waals surface area contributed by atoms with Crippen LogP contribution in [0.25, 0.3) is 0 Å². The smallest absolute Gasteiger partial charge is 0.252 e. The molecule has 6 heteroatoms. The summed E-state index contributed by atoms with van der Waals surface area (Å²) in [6.07, 6.45) is 2.54. The number of benzene rings is 2. The summed E-state index contributed by atoms with van der Waals surface area (Å²) in [5.41, 5.74) is 4.63. The van der Waals surface area contributed by atoms with Gasteiger partial charge in [0.05, 0.1) is 24.7 Å². The summed E-state index contributed by atoms with van der Waals surface area (Å²) in [5.74, 6) is 2.06. The van der Waals surface area contributed by atoms with Crippen molar-refractivity contribution in [3.05, 3.63) is 59.7 Å². The molecule has 0 saturated heterocycles. The molecule has 0 radical (unpaired) electrons. The Morgan fingerprint density at radius 3 is 2.64 bits per heavy atom. The minimum absolute atomic E-state index is 0.120. The fourth-order valence-electron chi connectivity index (χ4n) is 2.34. The average molecular weight is 401 g/mol. The number of hydrogen-bond acceptors (Lipinski definition) is 5. The summed E-state index contributed by atoms with van der Waals surface area (Å²) < 4.78 is 11.3. The summed E-state index contributed by atoms with van der Waals surface area (Å²) in [4.78, 5) is 12.2. The molecule has 0 spiro atoms. The van der Waals surface area contributed by atoms with E-state index in [9.17, 15) is 4.79 Å². The van der Waals surface area contributed by atoms with Crippen molar-refractivity contribution in [2.45, 2.75) is 38.2 Å². The monoisotopic (exact) mass is 400 g/mol. The lowest BCUT2D eigenvalue weighted by Gasteiger charge is -2.12. The van der Waals surface area contributed by atoms with E-state index in [0.29, 0.717) is 19.0 Å². The van der Waals surface area contributed by atoms with Gasteiger partial charge in [0.2, 0.25) is 0 Å². The molecule has 0 saturated carbocycles. The van der Waals surface area contributed by atoms with E-state index in [1.807, 2.05) is 50.2 Å². The minimum atomic E-state index is -0.193. The van der Waals surface area contributed by atoms with Crippen molar-refractivity contribution in [3.63, 3.8) is 0 Å². The van der Waals surface area contributed by atoms with E-state index in [1.165, 1.54) is 5.56 Å². The first kappa shape index (κ1) is 21.8. The van der Waals surface area contributed by atoms with Gasteiger partial charge in [0.25, 0.3) is 5.91 Å². The van der Waals surface area contributed by atoms with Crippen LogP contribution in [0.5, 0.6) is 11.5 Å². The fraction of sp³-hybridized carbons (Fsp3) is 0.364. The Kier molecular flexibility index (Phi) is 9.42. The quantitative estimate of drug-likeness (QED) is 0.441. The molecule has 0 heterocycles. The maximum atomic E-state index is 12.2. The Bertz CT molecular complexity index is 766. The van der Waals surface area contributed by atoms with Gasteiger partial charge in [-0.05, 0) is 49.6 Å². The van der Waals surface area contributed by atoms with Gasteiger partial charge in [-0.1, -0.05) is 37.3 Å². The number of carbonyl (C=O) groups is 1. The van der Waals surface area contributed by atoms with Crippen LogP contribution in [0.3, 0.4) is 0 Å². The first-order valence-corrected chi connectivity index (χ1v) is 10.6. The number of rotatable bonds is 11. The first-order chi connectivity index (χ1) is 13.6. The van der Waals surface area contributed by atoms with E-state index in [1.54, 1.807) is 18.0 Å². The van der Waals surface area contributed by atoms with Crippen molar-refractivity contribution >= 4 is 23.9 Å². The number of thioether (sulfide) groups is 1. The van der Waals surface area contributed by atoms with Crippen LogP contribution >= 0.6 is 11.8 Å². The molecule has 0 aliphatic heterocycles. The Balaban J connectivity index is 1.88. The number of amides is 1. The minimum Gasteiger partial charge on any atom is -0.490 e. The third-order valence-electron chi connectivity index (χ3n) is 3.83. The topological polar surface area (TPSA) is 59.9 Å². The zero-order valence-corrected chi connectivity index (χ0v) is 17.5. The first-order valence-electron chi connectivity index (χ1n) is 9.52. The van der Waals surface area contributed by atoms with Gasteiger partial charge in [-0.25, -0.2) is 5.43 Å². The molecule has 5 nitrogen and oxygen atoms in total. The Morgan fingerprint density at radius 2 is 1.93 bits per heavy atom. The van der Waals surface area contributed by atoms with Crippen LogP contribution in [0, 0.1) is 0 Å². The molecule has 1 atom stereocenters. The van der Waals surface area contributed by atoms with Crippen molar-refractivity contribution in [1.82, 2.24) is 5.43 Å². The van der Waals surface area contributed by atoms with Crippen molar-refractivity contribution in [1.29, 1.82) is 0 Å². The number of nitrogens with zero attached hydrogens (tertiary/aromatic N) is 1. The van der Waals surface area contributed by atoms with Gasteiger partial charge < -0.3 is 9.47 Å². The van der Waals surface area contributed by atoms with Crippen LogP contribution in [0.15, 0.2) is 53.6 Å². The molecule has 0 aliphatic rings. The zero-order valence-electron chi connectivity index (χ0n) is 16.7. The number of ether oxygens (including phenoxy) is 2. The Hall–Kier alpha value is -2.47. The summed E-state index contributed by atoms with van der Waals surface area (Å²) in [6, 6.07) is 15.7. The fourth-order valence-corrected chi connectivity index (χ4v) is 3.18. The lowest BCUT2D eigenvalue weighted by molar-refractivity contribution is -0.120. The molecule has 2 aromatic carbocycles. The predicted octanol–water partition coefficient (Wildman–Crippen LogP) is 4.65. The third kappa shape index (κ3) is 7.27. The molecule has 0 bridgehead atoms. The predicted molar refractivity (Wildman–Crippen MR) is 116 cm³/mol. The average Bonchev–Trinajstić information content (AvgIpc) is 2.72. The van der Waals surface area contributed by atoms with Gasteiger partial charge in [0, 0.05) is 5.75 Å². The standard InChI is InChI=1S/C22H28N2O3S/c1-4-13-27-20-12-11-19(14-21(20)26-5-2)15-23-24-22(25)17(3)28-16-18-9-7-6-8-10-18/h6-12,14-15,17H,4-5,13,16H2,1-3H3,(H,24,25). The highest BCUT2D eigenvalue weighted by Crippen LogP contribution is 2.28. The molecule has 1 amide bonds. The second-order valence-electron chi connectivity index (χ2n) is 6.16. The van der Waals surface area contributed by atoms with Crippen molar-refractivity contribution in [2.75, 3.05) is 13.2 Å². The van der Waals surface area contributed by atoms with Gasteiger partial charge >= 0.3 is 0 Å². The number of hydrogen-bond donors (Lipinski definition) is 1. The normalized spacial score (nSPS) is 12.0. The van der Waals surface area contributed by atoms with Gasteiger partial charge in [0.15, 0.2) is 11.5 Å². The Morgan fingerprint density at radius 1 is 1.14 bits per heavy atom. The van der Waals surface area contributed by atoms with E-state index in [2.05, 4.69) is 29.6 Å². The highest BCUT2D eigenvalue weighted by atomic mass is 32.2. The van der Waals surface area contributed by atoms with E-state index in [-0.39, 0.29) is 11.2 Å². The zero-order chi connectivity index (χ0) is 20.2. The molecule has 1 N–H and O–H groups in total. The lowest BCUT2D eigenvalue weighted by atomic mass is 10.2. The van der Waals surface area contributed by atoms with Crippen LogP contribution in [0.4, 0.5) is 0 Å². The highest BCUT2D eigenvalue weighted by molar-refractivity contribution is 7.99. The van der Waals surface area contributed by atoms with E-state index in [0.717, 1.165) is 23.5 Å². The van der Waals surface area contributed by atoms with Gasteiger partial charge in [-0.15, -0.1) is 11.8 Å². The van der Waals surface area contributed by atoms with Crippen LogP contribution in [-0.4, -0.2) is 30.6 Å². The Labute approximate surface area is 171 Å². The summed E-state index contributed by atoms with van der Waals surface area (Å²) >= 11 is 1.58. The maximum absolute atomic E-state index is 12.2. The van der Waals surface area contributed by atoms with Crippen LogP contribution < -0.4 is 14.9 Å². The maximum Gasteiger partial charge on any atom is 0.252 e. The summed E-state index contributed by atoms with van der Waals surface area (Å²) in [7, 11) is 0. The summed E-state index contributed by atoms with van der Waals surface area (Å²) in [5, 5.41) is 3.88. The molecule has 150 valence electrons. The van der Waals surface area contributed by atoms with Crippen molar-refractivity contribution < 1.29 is 14.3 Å². The molecule has 28 heavy (non-hydrogen) atoms. The number of nitrogens with one attached hydrogen (secondary N) is 1. The third-order valence-corrected chi connectivity index (χ3v) is 5.04. The second kappa shape index (κ2) is 12.1. The molecule has 1 unspecified atom stereocenters. The lowest BCUT2D eigenvalue weighted by Crippen LogP contribution is -2.27. The van der Waals surface area contributed by atoms with Crippen molar-refractivity contribution in [3.8, 4) is 11.5 Å². The molecular weight excluding hydrogens is 372 g/mol. The van der Waals surface area contributed by atoms with Crippen molar-refractivity contribution in [2.24, 2.45) is 5.10 Å². The van der Waals surface area contributed by atoms with Crippen LogP contribution in [-0.2, 0) is 10.5 Å². The SMILES string of the molecule is CCCOc1ccc(C=NNC(=O)C(C)SCc2ccccc2)cc1OCC. The number of hydrazone groups is 1. The number of carbonyl (C=O) groups excluding carboxylic acids is 1. The highest BCUT2D eigenvalue weighted by Gasteiger charge is 2.12. The molecule has 2 rings (SSSR count). The van der Waals surface area contributed by atoms with E-state index >= 15 is 0 Å². The second-order valence-corrected chi connectivity index (χ2v) is 7.49. The van der Waals surface area contributed by atoms with Crippen LogP contribution in [0.1, 0.15) is 38.3 Å². The van der Waals surface area contributed by atoms with E-state index in [4.69, 9.17) is 9.47 Å². The molecular formula is C22H28N2O3S. The van der Waals surface area contributed by atoms with Gasteiger partial charge in [0.1, 0.15) is 0 Å². The molecule has 2 aromatic rings. The van der Waals surface area contributed by atoms with Crippen LogP contribution in [0.2, 0.25) is 0 Å². The largest absolute Gasteiger partial charge is 0.490 e. The van der Waals surface area contributed by atoms with E-state index < -0.39 is 0 Å². The van der Waals surface area contributed by atoms with Gasteiger partial charge in [-0.3, -0.25) is 4.79 Å². The molecule has 0 aliphatic carbocycles. The molecule has 0 fully saturated rings. The summed E-state index contributed by atoms with van der Waals surface area (Å²) in [6.45, 7) is 7.06. The van der Waals surface area contributed by atoms with Gasteiger partial charge in [-0.2, -0.15) is 5.10 Å².